The highest BCUT2D eigenvalue weighted by Gasteiger charge is 2.35. The van der Waals surface area contributed by atoms with Crippen molar-refractivity contribution in [1.82, 2.24) is 4.90 Å². The summed E-state index contributed by atoms with van der Waals surface area (Å²) in [6, 6.07) is 16.7. The van der Waals surface area contributed by atoms with Crippen molar-refractivity contribution in [2.24, 2.45) is 5.92 Å². The molecule has 1 aliphatic heterocycles. The van der Waals surface area contributed by atoms with Gasteiger partial charge in [-0.15, -0.1) is 0 Å². The molecule has 1 heterocycles. The lowest BCUT2D eigenvalue weighted by Crippen LogP contribution is -2.48. The molecule has 1 amide bonds. The number of hydrogen-bond donors (Lipinski definition) is 1. The van der Waals surface area contributed by atoms with E-state index in [0.29, 0.717) is 31.4 Å². The molecule has 5 heteroatoms. The third-order valence-corrected chi connectivity index (χ3v) is 4.98. The minimum Gasteiger partial charge on any atom is -0.497 e. The molecule has 0 aromatic heterocycles. The molecule has 1 N–H and O–H groups in total. The van der Waals surface area contributed by atoms with Crippen LogP contribution in [0.2, 0.25) is 0 Å². The van der Waals surface area contributed by atoms with Gasteiger partial charge in [-0.1, -0.05) is 30.3 Å². The summed E-state index contributed by atoms with van der Waals surface area (Å²) in [7, 11) is 1.62. The fourth-order valence-corrected chi connectivity index (χ4v) is 3.52. The molecular formula is C21H23NO4. The Bertz CT molecular complexity index is 757. The van der Waals surface area contributed by atoms with E-state index in [4.69, 9.17) is 4.74 Å². The van der Waals surface area contributed by atoms with Crippen molar-refractivity contribution in [2.75, 3.05) is 13.7 Å². The summed E-state index contributed by atoms with van der Waals surface area (Å²) >= 11 is 0. The molecule has 2 aromatic carbocycles. The second kappa shape index (κ2) is 8.04. The van der Waals surface area contributed by atoms with Gasteiger partial charge in [0.05, 0.1) is 13.0 Å². The van der Waals surface area contributed by atoms with Crippen LogP contribution in [0, 0.1) is 5.92 Å². The maximum absolute atomic E-state index is 12.9. The van der Waals surface area contributed by atoms with E-state index >= 15 is 0 Å². The standard InChI is InChI=1S/C21H23NO4/c1-26-19-9-7-15(8-10-19)13-18-14-17(21(24)25)11-12-22(18)20(23)16-5-3-2-4-6-16/h2-10,17-18H,11-14H2,1H3,(H,24,25). The number of piperidine rings is 1. The van der Waals surface area contributed by atoms with Crippen molar-refractivity contribution in [1.29, 1.82) is 0 Å². The van der Waals surface area contributed by atoms with Gasteiger partial charge in [0, 0.05) is 18.2 Å². The first-order valence-electron chi connectivity index (χ1n) is 8.80. The van der Waals surface area contributed by atoms with Crippen molar-refractivity contribution in [2.45, 2.75) is 25.3 Å². The number of benzene rings is 2. The Morgan fingerprint density at radius 2 is 1.81 bits per heavy atom. The summed E-state index contributed by atoms with van der Waals surface area (Å²) in [5.41, 5.74) is 1.70. The predicted molar refractivity (Wildman–Crippen MR) is 98.3 cm³/mol. The van der Waals surface area contributed by atoms with Crippen LogP contribution < -0.4 is 4.74 Å². The van der Waals surface area contributed by atoms with Gasteiger partial charge in [-0.25, -0.2) is 0 Å². The molecular weight excluding hydrogens is 330 g/mol. The first-order valence-corrected chi connectivity index (χ1v) is 8.80. The number of methoxy groups -OCH3 is 1. The van der Waals surface area contributed by atoms with E-state index in [2.05, 4.69) is 0 Å². The van der Waals surface area contributed by atoms with Crippen LogP contribution in [-0.4, -0.2) is 41.6 Å². The Kier molecular flexibility index (Phi) is 5.56. The summed E-state index contributed by atoms with van der Waals surface area (Å²) in [5.74, 6) is -0.444. The highest BCUT2D eigenvalue weighted by atomic mass is 16.5. The van der Waals surface area contributed by atoms with Crippen molar-refractivity contribution in [3.63, 3.8) is 0 Å². The van der Waals surface area contributed by atoms with Gasteiger partial charge in [0.15, 0.2) is 0 Å². The fraction of sp³-hybridized carbons (Fsp3) is 0.333. The number of rotatable bonds is 5. The van der Waals surface area contributed by atoms with E-state index < -0.39 is 11.9 Å². The average molecular weight is 353 g/mol. The van der Waals surface area contributed by atoms with E-state index in [1.165, 1.54) is 0 Å². The Labute approximate surface area is 153 Å². The van der Waals surface area contributed by atoms with E-state index in [1.807, 2.05) is 47.4 Å². The van der Waals surface area contributed by atoms with E-state index in [9.17, 15) is 14.7 Å². The largest absolute Gasteiger partial charge is 0.497 e. The van der Waals surface area contributed by atoms with E-state index in [-0.39, 0.29) is 11.9 Å². The Morgan fingerprint density at radius 3 is 2.42 bits per heavy atom. The molecule has 1 fully saturated rings. The maximum atomic E-state index is 12.9. The highest BCUT2D eigenvalue weighted by Crippen LogP contribution is 2.28. The van der Waals surface area contributed by atoms with Crippen molar-refractivity contribution < 1.29 is 19.4 Å². The second-order valence-electron chi connectivity index (χ2n) is 6.63. The Balaban J connectivity index is 1.81. The molecule has 2 aromatic rings. The van der Waals surface area contributed by atoms with Gasteiger partial charge < -0.3 is 14.7 Å². The Morgan fingerprint density at radius 1 is 1.12 bits per heavy atom. The van der Waals surface area contributed by atoms with Gasteiger partial charge in [0.1, 0.15) is 5.75 Å². The van der Waals surface area contributed by atoms with Crippen molar-refractivity contribution >= 4 is 11.9 Å². The SMILES string of the molecule is COc1ccc(CC2CC(C(=O)O)CCN2C(=O)c2ccccc2)cc1. The lowest BCUT2D eigenvalue weighted by molar-refractivity contribution is -0.143. The lowest BCUT2D eigenvalue weighted by atomic mass is 9.87. The normalized spacial score (nSPS) is 19.8. The third kappa shape index (κ3) is 4.04. The number of carbonyl (C=O) groups excluding carboxylic acids is 1. The van der Waals surface area contributed by atoms with Gasteiger partial charge >= 0.3 is 5.97 Å². The topological polar surface area (TPSA) is 66.8 Å². The molecule has 1 aliphatic rings. The van der Waals surface area contributed by atoms with Gasteiger partial charge in [-0.2, -0.15) is 0 Å². The monoisotopic (exact) mass is 353 g/mol. The number of ether oxygens (including phenoxy) is 1. The first-order chi connectivity index (χ1) is 12.6. The number of carboxylic acid groups (broad SMARTS) is 1. The molecule has 136 valence electrons. The van der Waals surface area contributed by atoms with Crippen LogP contribution in [0.4, 0.5) is 0 Å². The molecule has 3 rings (SSSR count). The average Bonchev–Trinajstić information content (AvgIpc) is 2.68. The van der Waals surface area contributed by atoms with Gasteiger partial charge in [0.25, 0.3) is 5.91 Å². The second-order valence-corrected chi connectivity index (χ2v) is 6.63. The summed E-state index contributed by atoms with van der Waals surface area (Å²) in [6.07, 6.45) is 1.60. The number of likely N-dealkylation sites (tertiary alicyclic amines) is 1. The molecule has 26 heavy (non-hydrogen) atoms. The minimum atomic E-state index is -0.781. The highest BCUT2D eigenvalue weighted by molar-refractivity contribution is 5.94. The molecule has 2 atom stereocenters. The quantitative estimate of drug-likeness (QED) is 0.896. The molecule has 0 bridgehead atoms. The Hall–Kier alpha value is -2.82. The maximum Gasteiger partial charge on any atom is 0.306 e. The zero-order valence-electron chi connectivity index (χ0n) is 14.8. The summed E-state index contributed by atoms with van der Waals surface area (Å²) in [4.78, 5) is 26.2. The van der Waals surface area contributed by atoms with E-state index in [1.54, 1.807) is 19.2 Å². The van der Waals surface area contributed by atoms with Crippen molar-refractivity contribution in [3.8, 4) is 5.75 Å². The molecule has 1 saturated heterocycles. The molecule has 5 nitrogen and oxygen atoms in total. The number of carboxylic acids is 1. The summed E-state index contributed by atoms with van der Waals surface area (Å²) in [6.45, 7) is 0.464. The van der Waals surface area contributed by atoms with Crippen LogP contribution in [0.25, 0.3) is 0 Å². The third-order valence-electron chi connectivity index (χ3n) is 4.98. The van der Waals surface area contributed by atoms with Crippen LogP contribution in [0.3, 0.4) is 0 Å². The van der Waals surface area contributed by atoms with E-state index in [0.717, 1.165) is 11.3 Å². The molecule has 0 saturated carbocycles. The number of carbonyl (C=O) groups is 2. The smallest absolute Gasteiger partial charge is 0.306 e. The summed E-state index contributed by atoms with van der Waals surface area (Å²) < 4.78 is 5.18. The fourth-order valence-electron chi connectivity index (χ4n) is 3.52. The van der Waals surface area contributed by atoms with Crippen LogP contribution in [-0.2, 0) is 11.2 Å². The van der Waals surface area contributed by atoms with Crippen LogP contribution >= 0.6 is 0 Å². The molecule has 0 aliphatic carbocycles. The van der Waals surface area contributed by atoms with Gasteiger partial charge in [0.2, 0.25) is 0 Å². The zero-order chi connectivity index (χ0) is 18.5. The number of aliphatic carboxylic acids is 1. The zero-order valence-corrected chi connectivity index (χ0v) is 14.8. The molecule has 2 unspecified atom stereocenters. The minimum absolute atomic E-state index is 0.0343. The first kappa shape index (κ1) is 18.0. The number of hydrogen-bond acceptors (Lipinski definition) is 3. The number of amides is 1. The number of nitrogens with zero attached hydrogens (tertiary/aromatic N) is 1. The lowest BCUT2D eigenvalue weighted by Gasteiger charge is -2.38. The van der Waals surface area contributed by atoms with Crippen LogP contribution in [0.1, 0.15) is 28.8 Å². The van der Waals surface area contributed by atoms with Crippen LogP contribution in [0.5, 0.6) is 5.75 Å². The molecule has 0 radical (unpaired) electrons. The van der Waals surface area contributed by atoms with Crippen molar-refractivity contribution in [3.05, 3.63) is 65.7 Å². The van der Waals surface area contributed by atoms with Gasteiger partial charge in [-0.05, 0) is 49.1 Å². The van der Waals surface area contributed by atoms with Crippen LogP contribution in [0.15, 0.2) is 54.6 Å². The van der Waals surface area contributed by atoms with Gasteiger partial charge in [-0.3, -0.25) is 9.59 Å². The summed E-state index contributed by atoms with van der Waals surface area (Å²) in [5, 5.41) is 9.41. The predicted octanol–water partition coefficient (Wildman–Crippen LogP) is 3.24. The molecule has 0 spiro atoms.